The second kappa shape index (κ2) is 5.78. The van der Waals surface area contributed by atoms with Crippen LogP contribution < -0.4 is 0 Å². The van der Waals surface area contributed by atoms with E-state index < -0.39 is 11.6 Å². The van der Waals surface area contributed by atoms with E-state index >= 15 is 0 Å². The highest BCUT2D eigenvalue weighted by Gasteiger charge is 2.29. The smallest absolute Gasteiger partial charge is 0.179 e. The van der Waals surface area contributed by atoms with E-state index in [1.54, 1.807) is 0 Å². The Morgan fingerprint density at radius 2 is 2.16 bits per heavy atom. The molecule has 0 spiro atoms. The number of nitrogens with zero attached hydrogens (tertiary/aromatic N) is 1. The largest absolute Gasteiger partial charge is 0.293 e. The molecule has 1 saturated heterocycles. The van der Waals surface area contributed by atoms with Gasteiger partial charge in [-0.15, -0.1) is 0 Å². The number of hydrogen-bond donors (Lipinski definition) is 0. The highest BCUT2D eigenvalue weighted by atomic mass is 19.1. The molecule has 1 unspecified atom stereocenters. The zero-order chi connectivity index (χ0) is 14.0. The van der Waals surface area contributed by atoms with Crippen molar-refractivity contribution in [1.29, 1.82) is 0 Å². The molecule has 0 aromatic heterocycles. The molecule has 1 aliphatic heterocycles. The summed E-state index contributed by atoms with van der Waals surface area (Å²) in [7, 11) is 0. The molecule has 1 aliphatic rings. The summed E-state index contributed by atoms with van der Waals surface area (Å²) in [6, 6.07) is 3.50. The van der Waals surface area contributed by atoms with E-state index in [2.05, 4.69) is 18.7 Å². The van der Waals surface area contributed by atoms with E-state index in [-0.39, 0.29) is 17.9 Å². The lowest BCUT2D eigenvalue weighted by Crippen LogP contribution is -2.37. The summed E-state index contributed by atoms with van der Waals surface area (Å²) in [5.74, 6) is -1.22. The number of carbonyl (C=O) groups is 1. The molecule has 1 fully saturated rings. The van der Waals surface area contributed by atoms with Gasteiger partial charge in [0.25, 0.3) is 0 Å². The summed E-state index contributed by atoms with van der Waals surface area (Å²) >= 11 is 0. The van der Waals surface area contributed by atoms with Gasteiger partial charge in [-0.05, 0) is 37.4 Å². The van der Waals surface area contributed by atoms with Crippen LogP contribution in [0.15, 0.2) is 18.2 Å². The quantitative estimate of drug-likeness (QED) is 0.780. The van der Waals surface area contributed by atoms with Crippen molar-refractivity contribution in [2.75, 3.05) is 13.1 Å². The van der Waals surface area contributed by atoms with Gasteiger partial charge in [-0.1, -0.05) is 13.8 Å². The van der Waals surface area contributed by atoms with Gasteiger partial charge in [0.2, 0.25) is 0 Å². The van der Waals surface area contributed by atoms with Crippen LogP contribution in [0.2, 0.25) is 0 Å². The average molecular weight is 267 g/mol. The monoisotopic (exact) mass is 267 g/mol. The van der Waals surface area contributed by atoms with E-state index in [0.717, 1.165) is 31.5 Å². The average Bonchev–Trinajstić information content (AvgIpc) is 2.76. The van der Waals surface area contributed by atoms with E-state index in [0.29, 0.717) is 12.0 Å². The second-order valence-corrected chi connectivity index (χ2v) is 5.47. The summed E-state index contributed by atoms with van der Waals surface area (Å²) in [6.45, 7) is 5.35. The Balaban J connectivity index is 2.08. The van der Waals surface area contributed by atoms with Gasteiger partial charge in [-0.25, -0.2) is 8.78 Å². The van der Waals surface area contributed by atoms with Gasteiger partial charge in [0, 0.05) is 12.1 Å². The number of hydrogen-bond acceptors (Lipinski definition) is 2. The molecule has 0 saturated carbocycles. The SMILES string of the molecule is CC(C)C1CCCN1CC(=O)c1ccc(F)cc1F. The van der Waals surface area contributed by atoms with Crippen molar-refractivity contribution in [3.8, 4) is 0 Å². The lowest BCUT2D eigenvalue weighted by Gasteiger charge is -2.26. The summed E-state index contributed by atoms with van der Waals surface area (Å²) < 4.78 is 26.4. The van der Waals surface area contributed by atoms with E-state index in [9.17, 15) is 13.6 Å². The van der Waals surface area contributed by atoms with E-state index in [1.165, 1.54) is 6.07 Å². The molecule has 2 rings (SSSR count). The maximum Gasteiger partial charge on any atom is 0.179 e. The van der Waals surface area contributed by atoms with Crippen LogP contribution in [0.5, 0.6) is 0 Å². The first kappa shape index (κ1) is 14.1. The van der Waals surface area contributed by atoms with Crippen molar-refractivity contribution in [2.24, 2.45) is 5.92 Å². The highest BCUT2D eigenvalue weighted by Crippen LogP contribution is 2.24. The van der Waals surface area contributed by atoms with Gasteiger partial charge < -0.3 is 0 Å². The Bertz CT molecular complexity index is 473. The first-order valence-electron chi connectivity index (χ1n) is 6.71. The Kier molecular flexibility index (Phi) is 4.30. The molecule has 1 atom stereocenters. The van der Waals surface area contributed by atoms with Crippen molar-refractivity contribution >= 4 is 5.78 Å². The van der Waals surface area contributed by atoms with Gasteiger partial charge in [0.15, 0.2) is 5.78 Å². The zero-order valence-electron chi connectivity index (χ0n) is 11.3. The van der Waals surface area contributed by atoms with Gasteiger partial charge in [0.1, 0.15) is 11.6 Å². The number of carbonyl (C=O) groups excluding carboxylic acids is 1. The van der Waals surface area contributed by atoms with E-state index in [4.69, 9.17) is 0 Å². The summed E-state index contributed by atoms with van der Waals surface area (Å²) in [6.07, 6.45) is 2.15. The second-order valence-electron chi connectivity index (χ2n) is 5.47. The van der Waals surface area contributed by atoms with Crippen LogP contribution in [-0.2, 0) is 0 Å². The lowest BCUT2D eigenvalue weighted by molar-refractivity contribution is 0.0900. The number of ketones is 1. The third-order valence-corrected chi connectivity index (χ3v) is 3.76. The van der Waals surface area contributed by atoms with Crippen molar-refractivity contribution in [1.82, 2.24) is 4.90 Å². The van der Waals surface area contributed by atoms with Crippen LogP contribution >= 0.6 is 0 Å². The standard InChI is InChI=1S/C15H19F2NO/c1-10(2)14-4-3-7-18(14)9-15(19)12-6-5-11(16)8-13(12)17/h5-6,8,10,14H,3-4,7,9H2,1-2H3. The summed E-state index contributed by atoms with van der Waals surface area (Å²) in [5.41, 5.74) is -0.0178. The lowest BCUT2D eigenvalue weighted by atomic mass is 10.0. The Morgan fingerprint density at radius 1 is 1.42 bits per heavy atom. The molecule has 0 N–H and O–H groups in total. The Labute approximate surface area is 112 Å². The first-order valence-corrected chi connectivity index (χ1v) is 6.71. The normalized spacial score (nSPS) is 20.2. The van der Waals surface area contributed by atoms with Gasteiger partial charge in [-0.2, -0.15) is 0 Å². The van der Waals surface area contributed by atoms with Crippen LogP contribution in [0.25, 0.3) is 0 Å². The summed E-state index contributed by atoms with van der Waals surface area (Å²) in [4.78, 5) is 14.2. The zero-order valence-corrected chi connectivity index (χ0v) is 11.3. The highest BCUT2D eigenvalue weighted by molar-refractivity contribution is 5.97. The molecule has 2 nitrogen and oxygen atoms in total. The van der Waals surface area contributed by atoms with Crippen LogP contribution in [0.1, 0.15) is 37.0 Å². The molecular weight excluding hydrogens is 248 g/mol. The maximum atomic E-state index is 13.6. The van der Waals surface area contributed by atoms with Crippen molar-refractivity contribution in [3.05, 3.63) is 35.4 Å². The number of rotatable bonds is 4. The molecular formula is C15H19F2NO. The minimum absolute atomic E-state index is 0.0178. The van der Waals surface area contributed by atoms with Crippen molar-refractivity contribution in [3.63, 3.8) is 0 Å². The Morgan fingerprint density at radius 3 is 2.79 bits per heavy atom. The molecule has 1 aromatic carbocycles. The van der Waals surface area contributed by atoms with Gasteiger partial charge in [0.05, 0.1) is 12.1 Å². The molecule has 0 amide bonds. The van der Waals surface area contributed by atoms with Crippen LogP contribution in [-0.4, -0.2) is 29.8 Å². The minimum Gasteiger partial charge on any atom is -0.293 e. The number of likely N-dealkylation sites (tertiary alicyclic amines) is 1. The molecule has 1 heterocycles. The van der Waals surface area contributed by atoms with Gasteiger partial charge in [-0.3, -0.25) is 9.69 Å². The third-order valence-electron chi connectivity index (χ3n) is 3.76. The topological polar surface area (TPSA) is 20.3 Å². The van der Waals surface area contributed by atoms with Gasteiger partial charge >= 0.3 is 0 Å². The first-order chi connectivity index (χ1) is 8.99. The predicted molar refractivity (Wildman–Crippen MR) is 70.1 cm³/mol. The van der Waals surface area contributed by atoms with Crippen molar-refractivity contribution < 1.29 is 13.6 Å². The fourth-order valence-electron chi connectivity index (χ4n) is 2.79. The molecule has 0 radical (unpaired) electrons. The van der Waals surface area contributed by atoms with Crippen LogP contribution in [0, 0.1) is 17.6 Å². The minimum atomic E-state index is -0.773. The fourth-order valence-corrected chi connectivity index (χ4v) is 2.79. The fraction of sp³-hybridized carbons (Fsp3) is 0.533. The number of Topliss-reactive ketones (excluding diaryl/α,β-unsaturated/α-hetero) is 1. The number of benzene rings is 1. The molecule has 0 bridgehead atoms. The molecule has 1 aromatic rings. The van der Waals surface area contributed by atoms with E-state index in [1.807, 2.05) is 0 Å². The number of halogens is 2. The van der Waals surface area contributed by atoms with Crippen LogP contribution in [0.4, 0.5) is 8.78 Å². The predicted octanol–water partition coefficient (Wildman–Crippen LogP) is 3.27. The van der Waals surface area contributed by atoms with Crippen molar-refractivity contribution in [2.45, 2.75) is 32.7 Å². The van der Waals surface area contributed by atoms with Crippen LogP contribution in [0.3, 0.4) is 0 Å². The molecule has 0 aliphatic carbocycles. The Hall–Kier alpha value is -1.29. The molecule has 19 heavy (non-hydrogen) atoms. The maximum absolute atomic E-state index is 13.6. The summed E-state index contributed by atoms with van der Waals surface area (Å²) in [5, 5.41) is 0. The third kappa shape index (κ3) is 3.18. The molecule has 104 valence electrons. The molecule has 4 heteroatoms.